The van der Waals surface area contributed by atoms with E-state index < -0.39 is 4.92 Å². The molecule has 0 saturated heterocycles. The van der Waals surface area contributed by atoms with Crippen LogP contribution >= 0.6 is 22.9 Å². The van der Waals surface area contributed by atoms with Gasteiger partial charge in [0.05, 0.1) is 20.8 Å². The van der Waals surface area contributed by atoms with E-state index in [2.05, 4.69) is 10.3 Å². The maximum atomic E-state index is 12.4. The molecule has 0 aliphatic heterocycles. The Labute approximate surface area is 180 Å². The summed E-state index contributed by atoms with van der Waals surface area (Å²) in [6, 6.07) is 18.5. The highest BCUT2D eigenvalue weighted by atomic mass is 35.5. The highest BCUT2D eigenvalue weighted by Crippen LogP contribution is 2.36. The number of anilines is 1. The number of amides is 1. The smallest absolute Gasteiger partial charge is 0.269 e. The van der Waals surface area contributed by atoms with Gasteiger partial charge in [-0.25, -0.2) is 4.98 Å². The van der Waals surface area contributed by atoms with Crippen molar-refractivity contribution in [2.24, 2.45) is 0 Å². The number of fused-ring (bicyclic) bond motifs is 1. The van der Waals surface area contributed by atoms with Gasteiger partial charge < -0.3 is 10.1 Å². The molecule has 4 rings (SSSR count). The lowest BCUT2D eigenvalue weighted by atomic mass is 10.2. The van der Waals surface area contributed by atoms with Crippen LogP contribution in [0, 0.1) is 10.1 Å². The van der Waals surface area contributed by atoms with Crippen molar-refractivity contribution in [1.82, 2.24) is 4.98 Å². The van der Waals surface area contributed by atoms with E-state index in [0.717, 1.165) is 15.2 Å². The van der Waals surface area contributed by atoms with Crippen molar-refractivity contribution in [3.05, 3.63) is 81.9 Å². The van der Waals surface area contributed by atoms with Gasteiger partial charge in [0.2, 0.25) is 0 Å². The van der Waals surface area contributed by atoms with Gasteiger partial charge in [0.1, 0.15) is 10.8 Å². The summed E-state index contributed by atoms with van der Waals surface area (Å²) in [7, 11) is 0. The summed E-state index contributed by atoms with van der Waals surface area (Å²) in [4.78, 5) is 27.2. The molecular formula is C21H14ClN3O4S. The average molecular weight is 440 g/mol. The second kappa shape index (κ2) is 8.48. The lowest BCUT2D eigenvalue weighted by Crippen LogP contribution is -2.20. The van der Waals surface area contributed by atoms with Crippen LogP contribution in [-0.2, 0) is 4.79 Å². The number of carbonyl (C=O) groups excluding carboxylic acids is 1. The highest BCUT2D eigenvalue weighted by molar-refractivity contribution is 7.21. The third-order valence-corrected chi connectivity index (χ3v) is 5.50. The summed E-state index contributed by atoms with van der Waals surface area (Å²) in [5.74, 6) is -0.0173. The van der Waals surface area contributed by atoms with Crippen LogP contribution < -0.4 is 10.1 Å². The van der Waals surface area contributed by atoms with E-state index in [9.17, 15) is 14.9 Å². The van der Waals surface area contributed by atoms with E-state index in [4.69, 9.17) is 16.3 Å². The van der Waals surface area contributed by atoms with Crippen molar-refractivity contribution in [1.29, 1.82) is 0 Å². The molecule has 0 radical (unpaired) electrons. The highest BCUT2D eigenvalue weighted by Gasteiger charge is 2.14. The van der Waals surface area contributed by atoms with E-state index in [-0.39, 0.29) is 18.2 Å². The summed E-state index contributed by atoms with van der Waals surface area (Å²) >= 11 is 7.68. The van der Waals surface area contributed by atoms with Crippen molar-refractivity contribution >= 4 is 50.4 Å². The molecule has 7 nitrogen and oxygen atoms in total. The van der Waals surface area contributed by atoms with E-state index in [1.807, 2.05) is 24.3 Å². The van der Waals surface area contributed by atoms with E-state index in [0.29, 0.717) is 22.0 Å². The Morgan fingerprint density at radius 3 is 2.63 bits per heavy atom. The molecule has 0 bridgehead atoms. The van der Waals surface area contributed by atoms with Crippen molar-refractivity contribution in [3.63, 3.8) is 0 Å². The number of para-hydroxylation sites is 1. The molecule has 0 unspecified atom stereocenters. The minimum Gasteiger partial charge on any atom is -0.484 e. The monoisotopic (exact) mass is 439 g/mol. The number of aromatic nitrogens is 1. The van der Waals surface area contributed by atoms with Gasteiger partial charge in [-0.2, -0.15) is 0 Å². The van der Waals surface area contributed by atoms with Crippen LogP contribution in [0.2, 0.25) is 5.02 Å². The molecule has 1 N–H and O–H groups in total. The number of halogens is 1. The van der Waals surface area contributed by atoms with Crippen molar-refractivity contribution < 1.29 is 14.5 Å². The number of benzene rings is 3. The summed E-state index contributed by atoms with van der Waals surface area (Å²) in [5, 5.41) is 14.8. The van der Waals surface area contributed by atoms with Gasteiger partial charge in [-0.1, -0.05) is 23.7 Å². The number of hydrogen-bond acceptors (Lipinski definition) is 6. The van der Waals surface area contributed by atoms with Gasteiger partial charge >= 0.3 is 0 Å². The number of rotatable bonds is 6. The molecule has 3 aromatic carbocycles. The molecule has 4 aromatic rings. The fourth-order valence-electron chi connectivity index (χ4n) is 2.79. The Morgan fingerprint density at radius 1 is 1.13 bits per heavy atom. The van der Waals surface area contributed by atoms with Crippen LogP contribution in [0.4, 0.5) is 11.4 Å². The Hall–Kier alpha value is -3.49. The van der Waals surface area contributed by atoms with E-state index in [1.165, 1.54) is 35.6 Å². The predicted molar refractivity (Wildman–Crippen MR) is 117 cm³/mol. The number of nitro groups is 1. The summed E-state index contributed by atoms with van der Waals surface area (Å²) < 4.78 is 6.45. The maximum Gasteiger partial charge on any atom is 0.269 e. The lowest BCUT2D eigenvalue weighted by molar-refractivity contribution is -0.384. The Bertz CT molecular complexity index is 1210. The van der Waals surface area contributed by atoms with Crippen LogP contribution in [-0.4, -0.2) is 22.4 Å². The minimum absolute atomic E-state index is 0.0477. The van der Waals surface area contributed by atoms with E-state index in [1.54, 1.807) is 18.2 Å². The zero-order chi connectivity index (χ0) is 21.1. The predicted octanol–water partition coefficient (Wildman–Crippen LogP) is 5.54. The Balaban J connectivity index is 1.50. The number of nitrogens with zero attached hydrogens (tertiary/aromatic N) is 2. The first-order chi connectivity index (χ1) is 14.5. The number of nitrogens with one attached hydrogen (secondary N) is 1. The molecule has 0 saturated carbocycles. The van der Waals surface area contributed by atoms with Crippen LogP contribution in [0.25, 0.3) is 20.8 Å². The molecule has 150 valence electrons. The molecule has 0 aliphatic rings. The van der Waals surface area contributed by atoms with Gasteiger partial charge in [0, 0.05) is 22.7 Å². The summed E-state index contributed by atoms with van der Waals surface area (Å²) in [6.07, 6.45) is 0. The number of non-ortho nitro benzene ring substituents is 1. The van der Waals surface area contributed by atoms with Crippen LogP contribution in [0.5, 0.6) is 5.75 Å². The van der Waals surface area contributed by atoms with Gasteiger partial charge in [-0.3, -0.25) is 14.9 Å². The van der Waals surface area contributed by atoms with Crippen LogP contribution in [0.15, 0.2) is 66.7 Å². The third kappa shape index (κ3) is 4.40. The first kappa shape index (κ1) is 19.8. The van der Waals surface area contributed by atoms with Crippen molar-refractivity contribution in [2.75, 3.05) is 11.9 Å². The normalized spacial score (nSPS) is 10.7. The van der Waals surface area contributed by atoms with Gasteiger partial charge in [-0.15, -0.1) is 11.3 Å². The van der Waals surface area contributed by atoms with Crippen molar-refractivity contribution in [2.45, 2.75) is 0 Å². The summed E-state index contributed by atoms with van der Waals surface area (Å²) in [6.45, 7) is -0.250. The molecule has 9 heteroatoms. The van der Waals surface area contributed by atoms with Crippen molar-refractivity contribution in [3.8, 4) is 16.3 Å². The molecule has 1 amide bonds. The largest absolute Gasteiger partial charge is 0.484 e. The maximum absolute atomic E-state index is 12.4. The number of hydrogen-bond donors (Lipinski definition) is 1. The zero-order valence-corrected chi connectivity index (χ0v) is 16.9. The third-order valence-electron chi connectivity index (χ3n) is 4.20. The first-order valence-corrected chi connectivity index (χ1v) is 10.0. The van der Waals surface area contributed by atoms with E-state index >= 15 is 0 Å². The Kier molecular flexibility index (Phi) is 5.60. The molecule has 0 aliphatic carbocycles. The van der Waals surface area contributed by atoms with Crippen LogP contribution in [0.3, 0.4) is 0 Å². The number of thiazole rings is 1. The number of nitro benzene ring substituents is 1. The molecule has 0 atom stereocenters. The molecule has 0 spiro atoms. The molecule has 30 heavy (non-hydrogen) atoms. The Morgan fingerprint density at radius 2 is 1.90 bits per heavy atom. The quantitative estimate of drug-likeness (QED) is 0.314. The van der Waals surface area contributed by atoms with Gasteiger partial charge in [0.15, 0.2) is 6.61 Å². The number of carbonyl (C=O) groups is 1. The molecular weight excluding hydrogens is 426 g/mol. The minimum atomic E-state index is -0.499. The fourth-order valence-corrected chi connectivity index (χ4v) is 3.96. The second-order valence-corrected chi connectivity index (χ2v) is 7.73. The summed E-state index contributed by atoms with van der Waals surface area (Å²) in [5.41, 5.74) is 2.10. The standard InChI is InChI=1S/C21H14ClN3O4S/c22-13-5-10-17(16(11-13)21-24-18-3-1-2-4-19(18)30-21)23-20(26)12-29-15-8-6-14(7-9-15)25(27)28/h1-11H,12H2,(H,23,26). The topological polar surface area (TPSA) is 94.4 Å². The first-order valence-electron chi connectivity index (χ1n) is 8.82. The fraction of sp³-hybridized carbons (Fsp3) is 0.0476. The van der Waals surface area contributed by atoms with Gasteiger partial charge in [0.25, 0.3) is 11.6 Å². The second-order valence-electron chi connectivity index (χ2n) is 6.26. The molecule has 1 heterocycles. The van der Waals surface area contributed by atoms with Crippen LogP contribution in [0.1, 0.15) is 0 Å². The molecule has 1 aromatic heterocycles. The van der Waals surface area contributed by atoms with Gasteiger partial charge in [-0.05, 0) is 42.5 Å². The zero-order valence-electron chi connectivity index (χ0n) is 15.4. The number of ether oxygens (including phenoxy) is 1. The SMILES string of the molecule is O=C(COc1ccc([N+](=O)[O-])cc1)Nc1ccc(Cl)cc1-c1nc2ccccc2s1. The molecule has 0 fully saturated rings. The average Bonchev–Trinajstić information content (AvgIpc) is 3.18. The lowest BCUT2D eigenvalue weighted by Gasteiger charge is -2.11.